The summed E-state index contributed by atoms with van der Waals surface area (Å²) in [6, 6.07) is -0.311. The molecule has 5 nitrogen and oxygen atoms in total. The topological polar surface area (TPSA) is 69.6 Å². The first-order chi connectivity index (χ1) is 9.45. The first-order valence-electron chi connectivity index (χ1n) is 7.17. The number of terminal acetylenes is 1. The van der Waals surface area contributed by atoms with Crippen LogP contribution in [-0.4, -0.2) is 41.1 Å². The number of piperidine rings is 1. The van der Waals surface area contributed by atoms with Gasteiger partial charge in [0, 0.05) is 25.6 Å². The van der Waals surface area contributed by atoms with Crippen molar-refractivity contribution >= 4 is 12.0 Å². The molecule has 1 heterocycles. The third kappa shape index (κ3) is 3.89. The number of hydrogen-bond donors (Lipinski definition) is 2. The van der Waals surface area contributed by atoms with Crippen LogP contribution < -0.4 is 5.32 Å². The maximum atomic E-state index is 12.2. The van der Waals surface area contributed by atoms with Gasteiger partial charge in [-0.25, -0.2) is 4.79 Å². The Morgan fingerprint density at radius 1 is 1.55 bits per heavy atom. The first kappa shape index (κ1) is 16.4. The van der Waals surface area contributed by atoms with Crippen molar-refractivity contribution < 1.29 is 14.7 Å². The van der Waals surface area contributed by atoms with E-state index in [1.165, 1.54) is 0 Å². The Kier molecular flexibility index (Phi) is 5.87. The zero-order valence-electron chi connectivity index (χ0n) is 12.3. The molecule has 2 amide bonds. The van der Waals surface area contributed by atoms with Crippen LogP contribution in [0.15, 0.2) is 0 Å². The Labute approximate surface area is 120 Å². The molecule has 2 unspecified atom stereocenters. The number of carbonyl (C=O) groups is 2. The Morgan fingerprint density at radius 3 is 2.80 bits per heavy atom. The number of rotatable bonds is 5. The monoisotopic (exact) mass is 280 g/mol. The highest BCUT2D eigenvalue weighted by Gasteiger charge is 2.42. The smallest absolute Gasteiger partial charge is 0.317 e. The van der Waals surface area contributed by atoms with Crippen LogP contribution in [0.1, 0.15) is 46.0 Å². The highest BCUT2D eigenvalue weighted by Crippen LogP contribution is 2.35. The van der Waals surface area contributed by atoms with Crippen LogP contribution in [0.2, 0.25) is 0 Å². The van der Waals surface area contributed by atoms with E-state index in [9.17, 15) is 14.7 Å². The van der Waals surface area contributed by atoms with E-state index < -0.39 is 11.4 Å². The molecule has 0 radical (unpaired) electrons. The summed E-state index contributed by atoms with van der Waals surface area (Å²) in [6.45, 7) is 4.70. The lowest BCUT2D eigenvalue weighted by Crippen LogP contribution is -2.53. The van der Waals surface area contributed by atoms with E-state index in [0.29, 0.717) is 25.8 Å². The van der Waals surface area contributed by atoms with Gasteiger partial charge >= 0.3 is 12.0 Å². The quantitative estimate of drug-likeness (QED) is 0.757. The highest BCUT2D eigenvalue weighted by atomic mass is 16.4. The summed E-state index contributed by atoms with van der Waals surface area (Å²) >= 11 is 0. The minimum Gasteiger partial charge on any atom is -0.481 e. The second kappa shape index (κ2) is 7.18. The number of aliphatic carboxylic acids is 1. The molecule has 20 heavy (non-hydrogen) atoms. The van der Waals surface area contributed by atoms with Crippen molar-refractivity contribution in [1.82, 2.24) is 10.2 Å². The van der Waals surface area contributed by atoms with Gasteiger partial charge in [0.2, 0.25) is 0 Å². The number of amides is 2. The zero-order valence-corrected chi connectivity index (χ0v) is 12.3. The molecule has 5 heteroatoms. The van der Waals surface area contributed by atoms with Gasteiger partial charge in [0.05, 0.1) is 5.41 Å². The molecule has 0 bridgehead atoms. The van der Waals surface area contributed by atoms with E-state index in [2.05, 4.69) is 11.2 Å². The lowest BCUT2D eigenvalue weighted by atomic mass is 9.76. The largest absolute Gasteiger partial charge is 0.481 e. The minimum absolute atomic E-state index is 0.0974. The van der Waals surface area contributed by atoms with Crippen molar-refractivity contribution in [1.29, 1.82) is 0 Å². The van der Waals surface area contributed by atoms with Crippen LogP contribution in [0.25, 0.3) is 0 Å². The summed E-state index contributed by atoms with van der Waals surface area (Å²) in [5.41, 5.74) is -0.792. The fourth-order valence-corrected chi connectivity index (χ4v) is 2.80. The molecule has 112 valence electrons. The summed E-state index contributed by atoms with van der Waals surface area (Å²) in [6.07, 6.45) is 8.45. The number of carbonyl (C=O) groups excluding carboxylic acids is 1. The van der Waals surface area contributed by atoms with Crippen molar-refractivity contribution in [3.8, 4) is 12.3 Å². The molecule has 0 aliphatic carbocycles. The van der Waals surface area contributed by atoms with Gasteiger partial charge in [-0.3, -0.25) is 4.79 Å². The average molecular weight is 280 g/mol. The van der Waals surface area contributed by atoms with Crippen LogP contribution in [0.5, 0.6) is 0 Å². The average Bonchev–Trinajstić information content (AvgIpc) is 2.39. The SMILES string of the molecule is C#CCC(C)NC(=O)N1CCCC(CCC)(C(=O)O)C1. The summed E-state index contributed by atoms with van der Waals surface area (Å²) in [5, 5.41) is 12.3. The normalized spacial score (nSPS) is 23.8. The number of carboxylic acid groups (broad SMARTS) is 1. The first-order valence-corrected chi connectivity index (χ1v) is 7.17. The van der Waals surface area contributed by atoms with Gasteiger partial charge in [0.25, 0.3) is 0 Å². The molecule has 1 fully saturated rings. The zero-order chi connectivity index (χ0) is 15.2. The van der Waals surface area contributed by atoms with Gasteiger partial charge in [-0.1, -0.05) is 13.3 Å². The van der Waals surface area contributed by atoms with E-state index in [1.54, 1.807) is 4.90 Å². The van der Waals surface area contributed by atoms with Crippen LogP contribution in [0.3, 0.4) is 0 Å². The van der Waals surface area contributed by atoms with Crippen molar-refractivity contribution in [3.63, 3.8) is 0 Å². The van der Waals surface area contributed by atoms with Crippen LogP contribution >= 0.6 is 0 Å². The number of likely N-dealkylation sites (tertiary alicyclic amines) is 1. The van der Waals surface area contributed by atoms with Crippen molar-refractivity contribution in [3.05, 3.63) is 0 Å². The van der Waals surface area contributed by atoms with Gasteiger partial charge in [0.15, 0.2) is 0 Å². The van der Waals surface area contributed by atoms with Gasteiger partial charge in [-0.15, -0.1) is 12.3 Å². The molecule has 0 aromatic carbocycles. The van der Waals surface area contributed by atoms with Gasteiger partial charge in [-0.2, -0.15) is 0 Å². The van der Waals surface area contributed by atoms with Crippen LogP contribution in [0, 0.1) is 17.8 Å². The van der Waals surface area contributed by atoms with E-state index >= 15 is 0 Å². The van der Waals surface area contributed by atoms with Gasteiger partial charge in [-0.05, 0) is 26.2 Å². The third-order valence-corrected chi connectivity index (χ3v) is 3.84. The van der Waals surface area contributed by atoms with E-state index in [1.807, 2.05) is 13.8 Å². The predicted octanol–water partition coefficient (Wildman–Crippen LogP) is 2.07. The number of nitrogens with zero attached hydrogens (tertiary/aromatic N) is 1. The Morgan fingerprint density at radius 2 is 2.25 bits per heavy atom. The van der Waals surface area contributed by atoms with Crippen molar-refractivity contribution in [2.24, 2.45) is 5.41 Å². The van der Waals surface area contributed by atoms with E-state index in [4.69, 9.17) is 6.42 Å². The predicted molar refractivity (Wildman–Crippen MR) is 77.2 cm³/mol. The molecule has 0 spiro atoms. The molecule has 1 aliphatic heterocycles. The minimum atomic E-state index is -0.798. The second-order valence-electron chi connectivity index (χ2n) is 5.62. The molecule has 2 N–H and O–H groups in total. The fraction of sp³-hybridized carbons (Fsp3) is 0.733. The van der Waals surface area contributed by atoms with Crippen molar-refractivity contribution in [2.75, 3.05) is 13.1 Å². The number of urea groups is 1. The van der Waals surface area contributed by atoms with Gasteiger partial charge in [0.1, 0.15) is 0 Å². The molecule has 2 atom stereocenters. The molecule has 1 aliphatic rings. The Bertz CT molecular complexity index is 398. The molecular formula is C15H24N2O3. The molecule has 0 aromatic heterocycles. The number of carboxylic acids is 1. The second-order valence-corrected chi connectivity index (χ2v) is 5.62. The van der Waals surface area contributed by atoms with E-state index in [0.717, 1.165) is 12.8 Å². The summed E-state index contributed by atoms with van der Waals surface area (Å²) in [5.74, 6) is 1.71. The van der Waals surface area contributed by atoms with E-state index in [-0.39, 0.29) is 18.6 Å². The third-order valence-electron chi connectivity index (χ3n) is 3.84. The van der Waals surface area contributed by atoms with Crippen LogP contribution in [-0.2, 0) is 4.79 Å². The molecule has 1 rings (SSSR count). The van der Waals surface area contributed by atoms with Gasteiger partial charge < -0.3 is 15.3 Å². The maximum absolute atomic E-state index is 12.2. The maximum Gasteiger partial charge on any atom is 0.317 e. The standard InChI is InChI=1S/C15H24N2O3/c1-4-7-12(3)16-14(20)17-10-6-9-15(11-17,8-5-2)13(18)19/h1,12H,5-11H2,2-3H3,(H,16,20)(H,18,19). The molecular weight excluding hydrogens is 256 g/mol. The summed E-state index contributed by atoms with van der Waals surface area (Å²) < 4.78 is 0. The molecule has 1 saturated heterocycles. The fourth-order valence-electron chi connectivity index (χ4n) is 2.80. The highest BCUT2D eigenvalue weighted by molar-refractivity contribution is 5.79. The summed E-state index contributed by atoms with van der Waals surface area (Å²) in [7, 11) is 0. The Balaban J connectivity index is 2.70. The van der Waals surface area contributed by atoms with Crippen molar-refractivity contribution in [2.45, 2.75) is 52.0 Å². The molecule has 0 aromatic rings. The number of hydrogen-bond acceptors (Lipinski definition) is 2. The lowest BCUT2D eigenvalue weighted by Gasteiger charge is -2.40. The Hall–Kier alpha value is -1.70. The number of nitrogens with one attached hydrogen (secondary N) is 1. The van der Waals surface area contributed by atoms with Crippen LogP contribution in [0.4, 0.5) is 4.79 Å². The lowest BCUT2D eigenvalue weighted by molar-refractivity contribution is -0.152. The summed E-state index contributed by atoms with van der Waals surface area (Å²) in [4.78, 5) is 25.3. The molecule has 0 saturated carbocycles.